The van der Waals surface area contributed by atoms with Gasteiger partial charge in [0.2, 0.25) is 0 Å². The molecule has 1 aliphatic rings. The Morgan fingerprint density at radius 3 is 2.95 bits per heavy atom. The van der Waals surface area contributed by atoms with Crippen LogP contribution in [0.5, 0.6) is 0 Å². The van der Waals surface area contributed by atoms with Crippen LogP contribution in [-0.4, -0.2) is 7.05 Å². The molecule has 2 atom stereocenters. The topological polar surface area (TPSA) is 12.0 Å². The van der Waals surface area contributed by atoms with Crippen molar-refractivity contribution in [2.45, 2.75) is 31.2 Å². The lowest BCUT2D eigenvalue weighted by atomic mass is 9.80. The van der Waals surface area contributed by atoms with Crippen molar-refractivity contribution < 1.29 is 0 Å². The molecular formula is C16H18ClNS. The molecule has 0 radical (unpaired) electrons. The predicted molar refractivity (Wildman–Crippen MR) is 83.3 cm³/mol. The lowest BCUT2D eigenvalue weighted by molar-refractivity contribution is 0.428. The first kappa shape index (κ1) is 13.2. The number of aryl methyl sites for hydroxylation is 1. The van der Waals surface area contributed by atoms with Crippen molar-refractivity contribution in [3.05, 3.63) is 56.7 Å². The standard InChI is InChI=1S/C16H18ClNS/c1-18-16(13-5-2-3-7-14(13)17)12-6-4-8-15-11(12)9-10-19-15/h2-3,5,7,9-10,12,16,18H,4,6,8H2,1H3. The van der Waals surface area contributed by atoms with Crippen molar-refractivity contribution >= 4 is 22.9 Å². The summed E-state index contributed by atoms with van der Waals surface area (Å²) >= 11 is 8.28. The van der Waals surface area contributed by atoms with E-state index in [2.05, 4.69) is 28.9 Å². The summed E-state index contributed by atoms with van der Waals surface area (Å²) < 4.78 is 0. The van der Waals surface area contributed by atoms with E-state index >= 15 is 0 Å². The zero-order valence-corrected chi connectivity index (χ0v) is 12.6. The van der Waals surface area contributed by atoms with Gasteiger partial charge in [-0.1, -0.05) is 29.8 Å². The highest BCUT2D eigenvalue weighted by Gasteiger charge is 2.29. The minimum absolute atomic E-state index is 0.308. The number of benzene rings is 1. The van der Waals surface area contributed by atoms with Gasteiger partial charge in [0.05, 0.1) is 0 Å². The van der Waals surface area contributed by atoms with Gasteiger partial charge < -0.3 is 5.32 Å². The fourth-order valence-electron chi connectivity index (χ4n) is 3.17. The molecule has 1 aliphatic carbocycles. The summed E-state index contributed by atoms with van der Waals surface area (Å²) in [5, 5.41) is 6.57. The number of hydrogen-bond acceptors (Lipinski definition) is 2. The van der Waals surface area contributed by atoms with Crippen molar-refractivity contribution in [3.8, 4) is 0 Å². The number of halogens is 1. The minimum Gasteiger partial charge on any atom is -0.312 e. The average Bonchev–Trinajstić information content (AvgIpc) is 2.91. The van der Waals surface area contributed by atoms with Crippen LogP contribution in [-0.2, 0) is 6.42 Å². The molecule has 0 fully saturated rings. The number of thiophene rings is 1. The third-order valence-corrected chi connectivity index (χ3v) is 5.39. The van der Waals surface area contributed by atoms with E-state index in [-0.39, 0.29) is 0 Å². The first-order valence-electron chi connectivity index (χ1n) is 6.79. The highest BCUT2D eigenvalue weighted by Crippen LogP contribution is 2.43. The summed E-state index contributed by atoms with van der Waals surface area (Å²) in [7, 11) is 2.04. The minimum atomic E-state index is 0.308. The maximum atomic E-state index is 6.38. The summed E-state index contributed by atoms with van der Waals surface area (Å²) in [6.45, 7) is 0. The second-order valence-electron chi connectivity index (χ2n) is 5.09. The second-order valence-corrected chi connectivity index (χ2v) is 6.49. The zero-order valence-electron chi connectivity index (χ0n) is 11.0. The molecule has 0 saturated carbocycles. The largest absolute Gasteiger partial charge is 0.312 e. The molecule has 3 rings (SSSR count). The molecule has 1 nitrogen and oxygen atoms in total. The Balaban J connectivity index is 1.99. The molecular weight excluding hydrogens is 274 g/mol. The monoisotopic (exact) mass is 291 g/mol. The van der Waals surface area contributed by atoms with Gasteiger partial charge in [0.1, 0.15) is 0 Å². The number of rotatable bonds is 3. The van der Waals surface area contributed by atoms with Crippen LogP contribution in [0.4, 0.5) is 0 Å². The lowest BCUT2D eigenvalue weighted by Crippen LogP contribution is -2.26. The summed E-state index contributed by atoms with van der Waals surface area (Å²) in [6, 6.07) is 10.8. The van der Waals surface area contributed by atoms with Gasteiger partial charge in [-0.2, -0.15) is 0 Å². The smallest absolute Gasteiger partial charge is 0.0454 e. The average molecular weight is 292 g/mol. The van der Waals surface area contributed by atoms with Gasteiger partial charge in [0, 0.05) is 21.9 Å². The molecule has 1 heterocycles. The van der Waals surface area contributed by atoms with E-state index < -0.39 is 0 Å². The van der Waals surface area contributed by atoms with E-state index in [9.17, 15) is 0 Å². The molecule has 0 saturated heterocycles. The SMILES string of the molecule is CNC(c1ccccc1Cl)C1CCCc2sccc21. The van der Waals surface area contributed by atoms with Gasteiger partial charge in [-0.05, 0) is 54.9 Å². The Labute approximate surface area is 123 Å². The first-order chi connectivity index (χ1) is 9.31. The van der Waals surface area contributed by atoms with Crippen molar-refractivity contribution in [1.82, 2.24) is 5.32 Å². The van der Waals surface area contributed by atoms with Crippen LogP contribution in [0.15, 0.2) is 35.7 Å². The van der Waals surface area contributed by atoms with Crippen LogP contribution in [0.3, 0.4) is 0 Å². The van der Waals surface area contributed by atoms with E-state index in [0.29, 0.717) is 12.0 Å². The third-order valence-electron chi connectivity index (χ3n) is 4.05. The zero-order chi connectivity index (χ0) is 13.2. The Kier molecular flexibility index (Phi) is 3.92. The number of likely N-dealkylation sites (N-methyl/N-ethyl adjacent to an activating group) is 1. The first-order valence-corrected chi connectivity index (χ1v) is 8.05. The maximum absolute atomic E-state index is 6.38. The number of nitrogens with one attached hydrogen (secondary N) is 1. The number of hydrogen-bond donors (Lipinski definition) is 1. The van der Waals surface area contributed by atoms with E-state index in [1.807, 2.05) is 30.5 Å². The fourth-order valence-corrected chi connectivity index (χ4v) is 4.42. The summed E-state index contributed by atoms with van der Waals surface area (Å²) in [6.07, 6.45) is 3.75. The van der Waals surface area contributed by atoms with Gasteiger partial charge in [0.25, 0.3) is 0 Å². The molecule has 19 heavy (non-hydrogen) atoms. The van der Waals surface area contributed by atoms with Gasteiger partial charge in [0.15, 0.2) is 0 Å². The van der Waals surface area contributed by atoms with E-state index in [4.69, 9.17) is 11.6 Å². The van der Waals surface area contributed by atoms with Gasteiger partial charge >= 0.3 is 0 Å². The highest BCUT2D eigenvalue weighted by molar-refractivity contribution is 7.10. The summed E-state index contributed by atoms with van der Waals surface area (Å²) in [5.74, 6) is 0.542. The molecule has 2 unspecified atom stereocenters. The molecule has 100 valence electrons. The highest BCUT2D eigenvalue weighted by atomic mass is 35.5. The van der Waals surface area contributed by atoms with Gasteiger partial charge in [-0.25, -0.2) is 0 Å². The Morgan fingerprint density at radius 1 is 1.32 bits per heavy atom. The quantitative estimate of drug-likeness (QED) is 0.858. The maximum Gasteiger partial charge on any atom is 0.0454 e. The molecule has 1 N–H and O–H groups in total. The van der Waals surface area contributed by atoms with E-state index in [1.54, 1.807) is 4.88 Å². The van der Waals surface area contributed by atoms with Crippen LogP contribution in [0, 0.1) is 0 Å². The molecule has 0 amide bonds. The molecule has 2 aromatic rings. The van der Waals surface area contributed by atoms with E-state index in [0.717, 1.165) is 5.02 Å². The molecule has 0 bridgehead atoms. The van der Waals surface area contributed by atoms with Crippen molar-refractivity contribution in [2.24, 2.45) is 0 Å². The summed E-state index contributed by atoms with van der Waals surface area (Å²) in [4.78, 5) is 1.56. The van der Waals surface area contributed by atoms with Crippen LogP contribution in [0.2, 0.25) is 5.02 Å². The molecule has 3 heteroatoms. The fraction of sp³-hybridized carbons (Fsp3) is 0.375. The molecule has 0 aliphatic heterocycles. The normalized spacial score (nSPS) is 20.0. The second kappa shape index (κ2) is 5.66. The van der Waals surface area contributed by atoms with E-state index in [1.165, 1.54) is 30.4 Å². The van der Waals surface area contributed by atoms with Crippen LogP contribution < -0.4 is 5.32 Å². The third kappa shape index (κ3) is 2.45. The van der Waals surface area contributed by atoms with Crippen molar-refractivity contribution in [3.63, 3.8) is 0 Å². The molecule has 1 aromatic carbocycles. The molecule has 1 aromatic heterocycles. The molecule has 0 spiro atoms. The Hall–Kier alpha value is -0.830. The van der Waals surface area contributed by atoms with Crippen LogP contribution in [0.25, 0.3) is 0 Å². The Bertz CT molecular complexity index is 563. The number of fused-ring (bicyclic) bond motifs is 1. The Morgan fingerprint density at radius 2 is 2.16 bits per heavy atom. The van der Waals surface area contributed by atoms with Crippen molar-refractivity contribution in [1.29, 1.82) is 0 Å². The van der Waals surface area contributed by atoms with Crippen molar-refractivity contribution in [2.75, 3.05) is 7.05 Å². The van der Waals surface area contributed by atoms with Gasteiger partial charge in [-0.15, -0.1) is 11.3 Å². The predicted octanol–water partition coefficient (Wildman–Crippen LogP) is 4.78. The van der Waals surface area contributed by atoms with Gasteiger partial charge in [-0.3, -0.25) is 0 Å². The van der Waals surface area contributed by atoms with Crippen LogP contribution in [0.1, 0.15) is 40.8 Å². The lowest BCUT2D eigenvalue weighted by Gasteiger charge is -2.31. The van der Waals surface area contributed by atoms with Crippen LogP contribution >= 0.6 is 22.9 Å². The summed E-state index contributed by atoms with van der Waals surface area (Å²) in [5.41, 5.74) is 2.74.